The maximum Gasteiger partial charge on any atom is 0.340 e. The van der Waals surface area contributed by atoms with Gasteiger partial charge in [0.2, 0.25) is 0 Å². The maximum atomic E-state index is 13.4. The molecule has 0 saturated carbocycles. The van der Waals surface area contributed by atoms with Crippen LogP contribution in [0, 0.1) is 0 Å². The Morgan fingerprint density at radius 1 is 1.15 bits per heavy atom. The number of nitrogens with zero attached hydrogens (tertiary/aromatic N) is 1. The van der Waals surface area contributed by atoms with Crippen molar-refractivity contribution < 1.29 is 27.5 Å². The van der Waals surface area contributed by atoms with Crippen LogP contribution in [0.2, 0.25) is 5.02 Å². The second-order valence-corrected chi connectivity index (χ2v) is 9.02. The fourth-order valence-corrected chi connectivity index (χ4v) is 4.41. The summed E-state index contributed by atoms with van der Waals surface area (Å²) in [6.07, 6.45) is 1.80. The van der Waals surface area contributed by atoms with Crippen LogP contribution in [-0.2, 0) is 19.6 Å². The van der Waals surface area contributed by atoms with Gasteiger partial charge in [-0.25, -0.2) is 13.2 Å². The highest BCUT2D eigenvalue weighted by atomic mass is 35.5. The average Bonchev–Trinajstić information content (AvgIpc) is 2.80. The lowest BCUT2D eigenvalue weighted by Crippen LogP contribution is -2.36. The second-order valence-electron chi connectivity index (χ2n) is 6.75. The van der Waals surface area contributed by atoms with E-state index in [1.165, 1.54) is 38.3 Å². The predicted molar refractivity (Wildman–Crippen MR) is 127 cm³/mol. The molecule has 0 spiro atoms. The standard InChI is InChI=1S/C23H25ClN2O6S/c1-5-13-25-22(27)16(3)32-23(28)20-15-19(11-12-21(20)24)33(29,30)26(14-6-2)17-7-9-18(31-4)10-8-17/h5-12,15-16H,1-2,13-14H2,3-4H3,(H,25,27). The number of carbonyl (C=O) groups is 2. The molecule has 0 fully saturated rings. The van der Waals surface area contributed by atoms with Crippen molar-refractivity contribution in [2.45, 2.75) is 17.9 Å². The Labute approximate surface area is 198 Å². The van der Waals surface area contributed by atoms with E-state index < -0.39 is 28.0 Å². The molecule has 0 aliphatic rings. The van der Waals surface area contributed by atoms with Gasteiger partial charge in [0.1, 0.15) is 5.75 Å². The molecule has 0 bridgehead atoms. The Morgan fingerprint density at radius 2 is 1.82 bits per heavy atom. The third-order valence-electron chi connectivity index (χ3n) is 4.47. The molecule has 0 aromatic heterocycles. The van der Waals surface area contributed by atoms with Gasteiger partial charge in [-0.1, -0.05) is 23.8 Å². The molecule has 2 aromatic rings. The van der Waals surface area contributed by atoms with Gasteiger partial charge < -0.3 is 14.8 Å². The molecule has 1 N–H and O–H groups in total. The number of amides is 1. The average molecular weight is 493 g/mol. The summed E-state index contributed by atoms with van der Waals surface area (Å²) in [6.45, 7) is 8.70. The van der Waals surface area contributed by atoms with Crippen molar-refractivity contribution in [2.24, 2.45) is 0 Å². The van der Waals surface area contributed by atoms with Gasteiger partial charge in [0.15, 0.2) is 6.10 Å². The summed E-state index contributed by atoms with van der Waals surface area (Å²) in [7, 11) is -2.60. The molecule has 0 saturated heterocycles. The van der Waals surface area contributed by atoms with Crippen LogP contribution >= 0.6 is 11.6 Å². The van der Waals surface area contributed by atoms with Crippen LogP contribution in [0.15, 0.2) is 72.7 Å². The summed E-state index contributed by atoms with van der Waals surface area (Å²) < 4.78 is 38.2. The molecule has 2 rings (SSSR count). The number of carbonyl (C=O) groups excluding carboxylic acids is 2. The molecule has 33 heavy (non-hydrogen) atoms. The summed E-state index contributed by atoms with van der Waals surface area (Å²) in [5, 5.41) is 2.49. The van der Waals surface area contributed by atoms with Crippen LogP contribution in [0.25, 0.3) is 0 Å². The van der Waals surface area contributed by atoms with Crippen LogP contribution in [0.3, 0.4) is 0 Å². The zero-order valence-corrected chi connectivity index (χ0v) is 19.9. The van der Waals surface area contributed by atoms with Crippen LogP contribution in [0.4, 0.5) is 5.69 Å². The summed E-state index contributed by atoms with van der Waals surface area (Å²) in [5.74, 6) is -0.893. The molecule has 176 valence electrons. The van der Waals surface area contributed by atoms with Gasteiger partial charge in [-0.15, -0.1) is 13.2 Å². The Balaban J connectivity index is 2.37. The molecule has 0 radical (unpaired) electrons. The van der Waals surface area contributed by atoms with Gasteiger partial charge in [0.25, 0.3) is 15.9 Å². The van der Waals surface area contributed by atoms with Crippen LogP contribution in [-0.4, -0.2) is 46.6 Å². The number of halogens is 1. The molecule has 10 heteroatoms. The van der Waals surface area contributed by atoms with E-state index >= 15 is 0 Å². The molecule has 1 amide bonds. The van der Waals surface area contributed by atoms with E-state index in [-0.39, 0.29) is 28.6 Å². The number of rotatable bonds is 11. The van der Waals surface area contributed by atoms with Crippen LogP contribution < -0.4 is 14.4 Å². The lowest BCUT2D eigenvalue weighted by Gasteiger charge is -2.23. The van der Waals surface area contributed by atoms with E-state index in [4.69, 9.17) is 21.1 Å². The number of hydrogen-bond acceptors (Lipinski definition) is 6. The maximum absolute atomic E-state index is 13.4. The van der Waals surface area contributed by atoms with Gasteiger partial charge in [-0.2, -0.15) is 0 Å². The summed E-state index contributed by atoms with van der Waals surface area (Å²) in [5.41, 5.74) is 0.191. The quantitative estimate of drug-likeness (QED) is 0.380. The Hall–Kier alpha value is -3.30. The summed E-state index contributed by atoms with van der Waals surface area (Å²) in [4.78, 5) is 24.4. The molecule has 2 aromatic carbocycles. The summed E-state index contributed by atoms with van der Waals surface area (Å²) in [6, 6.07) is 10.1. The van der Waals surface area contributed by atoms with Crippen molar-refractivity contribution in [3.8, 4) is 5.75 Å². The van der Waals surface area contributed by atoms with E-state index in [9.17, 15) is 18.0 Å². The van der Waals surface area contributed by atoms with Crippen molar-refractivity contribution in [1.82, 2.24) is 5.32 Å². The number of methoxy groups -OCH3 is 1. The lowest BCUT2D eigenvalue weighted by molar-refractivity contribution is -0.128. The fraction of sp³-hybridized carbons (Fsp3) is 0.217. The molecule has 0 aliphatic carbocycles. The van der Waals surface area contributed by atoms with Gasteiger partial charge in [0, 0.05) is 6.54 Å². The van der Waals surface area contributed by atoms with Crippen LogP contribution in [0.5, 0.6) is 5.75 Å². The van der Waals surface area contributed by atoms with E-state index in [0.717, 1.165) is 10.4 Å². The minimum atomic E-state index is -4.10. The molecular formula is C23H25ClN2O6S. The van der Waals surface area contributed by atoms with Crippen molar-refractivity contribution in [1.29, 1.82) is 0 Å². The highest BCUT2D eigenvalue weighted by Gasteiger charge is 2.27. The number of ether oxygens (including phenoxy) is 2. The largest absolute Gasteiger partial charge is 0.497 e. The molecule has 0 aliphatic heterocycles. The Bertz CT molecular complexity index is 1130. The number of anilines is 1. The van der Waals surface area contributed by atoms with Crippen molar-refractivity contribution in [3.05, 3.63) is 78.4 Å². The van der Waals surface area contributed by atoms with Crippen molar-refractivity contribution in [3.63, 3.8) is 0 Å². The number of sulfonamides is 1. The smallest absolute Gasteiger partial charge is 0.340 e. The molecule has 1 unspecified atom stereocenters. The van der Waals surface area contributed by atoms with E-state index in [1.54, 1.807) is 24.3 Å². The third kappa shape index (κ3) is 6.36. The first kappa shape index (κ1) is 26.0. The molecule has 1 atom stereocenters. The van der Waals surface area contributed by atoms with Crippen molar-refractivity contribution >= 4 is 39.2 Å². The second kappa shape index (κ2) is 11.5. The normalized spacial score (nSPS) is 11.7. The highest BCUT2D eigenvalue weighted by Crippen LogP contribution is 2.28. The zero-order valence-electron chi connectivity index (χ0n) is 18.3. The first-order valence-corrected chi connectivity index (χ1v) is 11.6. The predicted octanol–water partition coefficient (Wildman–Crippen LogP) is 3.58. The highest BCUT2D eigenvalue weighted by molar-refractivity contribution is 7.92. The Kier molecular flexibility index (Phi) is 9.07. The third-order valence-corrected chi connectivity index (χ3v) is 6.59. The summed E-state index contributed by atoms with van der Waals surface area (Å²) >= 11 is 6.13. The number of hydrogen-bond donors (Lipinski definition) is 1. The van der Waals surface area contributed by atoms with Gasteiger partial charge in [0.05, 0.1) is 34.8 Å². The molecular weight excluding hydrogens is 468 g/mol. The fourth-order valence-electron chi connectivity index (χ4n) is 2.75. The Morgan fingerprint density at radius 3 is 2.39 bits per heavy atom. The first-order valence-electron chi connectivity index (χ1n) is 9.82. The number of benzene rings is 2. The molecule has 0 heterocycles. The first-order chi connectivity index (χ1) is 15.6. The topological polar surface area (TPSA) is 102 Å². The van der Waals surface area contributed by atoms with Gasteiger partial charge >= 0.3 is 5.97 Å². The SMILES string of the molecule is C=CCNC(=O)C(C)OC(=O)c1cc(S(=O)(=O)N(CC=C)c2ccc(OC)cc2)ccc1Cl. The van der Waals surface area contributed by atoms with Gasteiger partial charge in [-0.3, -0.25) is 9.10 Å². The number of nitrogens with one attached hydrogen (secondary N) is 1. The molecule has 8 nitrogen and oxygen atoms in total. The minimum absolute atomic E-state index is 0.0163. The number of esters is 1. The van der Waals surface area contributed by atoms with E-state index in [2.05, 4.69) is 18.5 Å². The van der Waals surface area contributed by atoms with Crippen LogP contribution in [0.1, 0.15) is 17.3 Å². The van der Waals surface area contributed by atoms with Gasteiger partial charge in [-0.05, 0) is 49.4 Å². The minimum Gasteiger partial charge on any atom is -0.497 e. The zero-order chi connectivity index (χ0) is 24.6. The monoisotopic (exact) mass is 492 g/mol. The van der Waals surface area contributed by atoms with Crippen molar-refractivity contribution in [2.75, 3.05) is 24.5 Å². The van der Waals surface area contributed by atoms with E-state index in [1.807, 2.05) is 0 Å². The van der Waals surface area contributed by atoms with E-state index in [0.29, 0.717) is 11.4 Å². The lowest BCUT2D eigenvalue weighted by atomic mass is 10.2.